The van der Waals surface area contributed by atoms with Crippen molar-refractivity contribution < 1.29 is 72.3 Å². The van der Waals surface area contributed by atoms with E-state index in [1.165, 1.54) is 29.4 Å². The molecule has 0 saturated carbocycles. The van der Waals surface area contributed by atoms with Crippen molar-refractivity contribution in [3.63, 3.8) is 0 Å². The second kappa shape index (κ2) is 58.4. The number of aliphatic carboxylic acids is 1. The lowest BCUT2D eigenvalue weighted by Crippen LogP contribution is -2.55. The molecule has 6 rings (SSSR count). The van der Waals surface area contributed by atoms with Crippen LogP contribution in [0.3, 0.4) is 0 Å². The van der Waals surface area contributed by atoms with Gasteiger partial charge in [-0.1, -0.05) is 269 Å². The summed E-state index contributed by atoms with van der Waals surface area (Å²) in [7, 11) is 13.8. The first-order chi connectivity index (χ1) is 60.0. The number of methoxy groups -OCH3 is 4. The van der Waals surface area contributed by atoms with Gasteiger partial charge in [-0.25, -0.2) is 4.79 Å². The van der Waals surface area contributed by atoms with Gasteiger partial charge >= 0.3 is 5.97 Å². The SMILES string of the molecule is C.C.C.CC[C@H](C)[C@@H]([C@@H](CC(=O)N1CCC[C@H]1[C@H](OC)[C@@H](C)C(=O)N[C@@H](Cc1ccccc1)C(=O)O)OC)N(C)C(=O)[C@@H](CC(=O)[C@H](C(C)C)N(C)CCc1ccc(CC(C)C)cc1)C(C)C.CC[C@H](C)[C@@H]([C@@H](CC(=O)N1CCC[C@H]1[C@H](OC)[C@@H](C)C(=O)N[C@H](C)C(O)c1ccccc1)OC)N(C)C(=O)[C@@H](CC(=O)[C@H](C(C)C)N(C)CCc1ccc(CC(C)C)cc1)C(C)C. The Morgan fingerprint density at radius 3 is 1.09 bits per heavy atom. The fourth-order valence-corrected chi connectivity index (χ4v) is 19.5. The molecule has 2 fully saturated rings. The second-order valence-corrected chi connectivity index (χ2v) is 39.1. The standard InChI is InChI=1S/C52H82N4O8.C52H84N4O7.3CH4/c1-14-36(8)48(55(11)51(60)41(34(4)5)31-44(57)47(35(6)7)54(10)28-26-38-22-24-40(25-23-38)29-33(2)3)45(63-12)32-46(58)56-27-18-21-43(56)49(64-13)37(9)50(59)53-42(52(61)62)30-39-19-16-15-17-20-39;1-15-36(8)48(55(12)52(61)42(34(4)5)31-44(57)47(35(6)7)54(11)29-27-39-23-25-40(26-24-39)30-33(2)3)45(62-13)32-46(58)56-28-19-22-43(56)50(63-14)37(9)51(60)53-38(10)49(59)41-20-17-16-18-21-41;;;/h15-17,19-20,22-25,33-37,41-43,45,47-49H,14,18,21,26-32H2,1-13H3,(H,53,59)(H,61,62);16-18,20-21,23-26,33-38,42-43,45,47-50,59H,15,19,22,27-32H2,1-14H3,(H,53,60);3*1H4/t36-,37+,41-,42-,43-,45+,47-,48-,49+;36-,37+,38+,42-,43-,45+,47-,48-,49?,50+;;;/m00.../s1. The molecular formula is C107H178N8O15. The van der Waals surface area contributed by atoms with Crippen molar-refractivity contribution in [3.05, 3.63) is 143 Å². The van der Waals surface area contributed by atoms with Crippen LogP contribution in [0.25, 0.3) is 0 Å². The Hall–Kier alpha value is -7.77. The molecule has 2 aliphatic rings. The van der Waals surface area contributed by atoms with Gasteiger partial charge in [0, 0.05) is 99.8 Å². The quantitative estimate of drug-likeness (QED) is 0.0320. The normalized spacial score (nSPS) is 18.0. The molecule has 736 valence electrons. The number of carboxylic acid groups (broad SMARTS) is 1. The Morgan fingerprint density at radius 2 is 0.777 bits per heavy atom. The summed E-state index contributed by atoms with van der Waals surface area (Å²) >= 11 is 0. The van der Waals surface area contributed by atoms with Crippen molar-refractivity contribution in [2.45, 2.75) is 329 Å². The van der Waals surface area contributed by atoms with Crippen molar-refractivity contribution in [2.75, 3.05) is 82.8 Å². The van der Waals surface area contributed by atoms with E-state index < -0.39 is 96.3 Å². The first-order valence-corrected chi connectivity index (χ1v) is 47.5. The highest BCUT2D eigenvalue weighted by molar-refractivity contribution is 5.92. The van der Waals surface area contributed by atoms with Gasteiger partial charge in [0.2, 0.25) is 35.4 Å². The Morgan fingerprint density at radius 1 is 0.438 bits per heavy atom. The number of Topliss-reactive ketones (excluding diaryl/α,β-unsaturated/α-hetero) is 2. The maximum atomic E-state index is 14.7. The van der Waals surface area contributed by atoms with Crippen molar-refractivity contribution >= 4 is 53.0 Å². The number of benzene rings is 4. The zero-order chi connectivity index (χ0) is 95.0. The number of amides is 6. The zero-order valence-electron chi connectivity index (χ0n) is 82.6. The zero-order valence-corrected chi connectivity index (χ0v) is 82.6. The van der Waals surface area contributed by atoms with Crippen LogP contribution in [-0.2, 0) is 94.2 Å². The van der Waals surface area contributed by atoms with E-state index in [0.29, 0.717) is 56.3 Å². The Bertz CT molecular complexity index is 3980. The van der Waals surface area contributed by atoms with Gasteiger partial charge in [0.25, 0.3) is 0 Å². The summed E-state index contributed by atoms with van der Waals surface area (Å²) in [5.74, 6) is -3.69. The summed E-state index contributed by atoms with van der Waals surface area (Å²) < 4.78 is 24.1. The number of likely N-dealkylation sites (tertiary alicyclic amines) is 2. The monoisotopic (exact) mass is 1820 g/mol. The van der Waals surface area contributed by atoms with Gasteiger partial charge in [-0.3, -0.25) is 48.2 Å². The molecule has 0 aromatic heterocycles. The smallest absolute Gasteiger partial charge is 0.326 e. The third-order valence-electron chi connectivity index (χ3n) is 27.2. The van der Waals surface area contributed by atoms with E-state index in [9.17, 15) is 53.4 Å². The van der Waals surface area contributed by atoms with E-state index in [1.54, 1.807) is 70.9 Å². The van der Waals surface area contributed by atoms with Gasteiger partial charge in [0.15, 0.2) is 11.6 Å². The number of ketones is 2. The van der Waals surface area contributed by atoms with Crippen molar-refractivity contribution in [1.82, 2.24) is 40.0 Å². The summed E-state index contributed by atoms with van der Waals surface area (Å²) in [6.07, 6.45) is 5.02. The molecule has 130 heavy (non-hydrogen) atoms. The minimum Gasteiger partial charge on any atom is -0.480 e. The average molecular weight is 1820 g/mol. The fraction of sp³-hybridized carbons (Fsp3) is 0.692. The van der Waals surface area contributed by atoms with Crippen LogP contribution in [0.4, 0.5) is 0 Å². The lowest BCUT2D eigenvalue weighted by atomic mass is 9.83. The summed E-state index contributed by atoms with van der Waals surface area (Å²) in [6, 6.07) is 31.9. The topological polar surface area (TPSA) is 275 Å². The molecule has 4 N–H and O–H groups in total. The fourth-order valence-electron chi connectivity index (χ4n) is 19.5. The molecule has 2 saturated heterocycles. The lowest BCUT2D eigenvalue weighted by molar-refractivity contribution is -0.149. The predicted octanol–water partition coefficient (Wildman–Crippen LogP) is 17.0. The van der Waals surface area contributed by atoms with E-state index in [1.807, 2.05) is 107 Å². The number of nitrogens with zero attached hydrogens (tertiary/aromatic N) is 6. The lowest BCUT2D eigenvalue weighted by Gasteiger charge is -2.41. The van der Waals surface area contributed by atoms with Gasteiger partial charge in [0.05, 0.1) is 97.5 Å². The van der Waals surface area contributed by atoms with Crippen LogP contribution in [0.1, 0.15) is 258 Å². The molecule has 23 heteroatoms. The van der Waals surface area contributed by atoms with Crippen LogP contribution >= 0.6 is 0 Å². The number of rotatable bonds is 53. The molecule has 0 radical (unpaired) electrons. The Labute approximate surface area is 786 Å². The number of hydrogen-bond donors (Lipinski definition) is 4. The summed E-state index contributed by atoms with van der Waals surface area (Å²) in [4.78, 5) is 137. The maximum Gasteiger partial charge on any atom is 0.326 e. The van der Waals surface area contributed by atoms with E-state index in [0.717, 1.165) is 57.1 Å². The molecule has 1 unspecified atom stereocenters. The highest BCUT2D eigenvalue weighted by atomic mass is 16.5. The molecule has 23 nitrogen and oxygen atoms in total. The summed E-state index contributed by atoms with van der Waals surface area (Å²) in [6.45, 7) is 41.1. The largest absolute Gasteiger partial charge is 0.480 e. The maximum absolute atomic E-state index is 14.7. The number of carbonyl (C=O) groups excluding carboxylic acids is 8. The van der Waals surface area contributed by atoms with Crippen LogP contribution in [0, 0.1) is 71.0 Å². The third-order valence-corrected chi connectivity index (χ3v) is 27.2. The van der Waals surface area contributed by atoms with Gasteiger partial charge in [-0.05, 0) is 153 Å². The van der Waals surface area contributed by atoms with Gasteiger partial charge in [0.1, 0.15) is 6.04 Å². The van der Waals surface area contributed by atoms with Crippen LogP contribution in [-0.4, -0.2) is 248 Å². The molecule has 6 amide bonds. The number of nitrogens with one attached hydrogen (secondary N) is 2. The van der Waals surface area contributed by atoms with E-state index in [2.05, 4.69) is 152 Å². The Balaban J connectivity index is 0.000000860. The Kier molecular flexibility index (Phi) is 53.1. The minimum absolute atomic E-state index is 0. The number of aliphatic hydroxyl groups excluding tert-OH is 1. The summed E-state index contributed by atoms with van der Waals surface area (Å²) in [5, 5.41) is 26.5. The number of ether oxygens (including phenoxy) is 4. The van der Waals surface area contributed by atoms with Crippen LogP contribution in [0.5, 0.6) is 0 Å². The van der Waals surface area contributed by atoms with E-state index >= 15 is 0 Å². The van der Waals surface area contributed by atoms with Gasteiger partial charge < -0.3 is 59.4 Å². The number of carboxylic acids is 1. The average Bonchev–Trinajstić information content (AvgIpc) is 1.76. The highest BCUT2D eigenvalue weighted by Gasteiger charge is 2.47. The van der Waals surface area contributed by atoms with Crippen molar-refractivity contribution in [3.8, 4) is 0 Å². The van der Waals surface area contributed by atoms with E-state index in [4.69, 9.17) is 18.9 Å². The van der Waals surface area contributed by atoms with Gasteiger partial charge in [-0.2, -0.15) is 0 Å². The number of carbonyl (C=O) groups is 9. The molecule has 2 heterocycles. The second-order valence-electron chi connectivity index (χ2n) is 39.1. The number of likely N-dealkylation sites (N-methyl/N-ethyl adjacent to an activating group) is 4. The molecule has 0 spiro atoms. The molecule has 0 aliphatic carbocycles. The molecule has 4 aromatic carbocycles. The highest BCUT2D eigenvalue weighted by Crippen LogP contribution is 2.36. The van der Waals surface area contributed by atoms with Crippen molar-refractivity contribution in [1.29, 1.82) is 0 Å². The number of aliphatic hydroxyl groups is 1. The molecule has 19 atom stereocenters. The van der Waals surface area contributed by atoms with Crippen molar-refractivity contribution in [2.24, 2.45) is 71.0 Å². The first-order valence-electron chi connectivity index (χ1n) is 47.5. The minimum atomic E-state index is -1.13. The van der Waals surface area contributed by atoms with Crippen LogP contribution in [0.2, 0.25) is 0 Å². The summed E-state index contributed by atoms with van der Waals surface area (Å²) in [5.41, 5.74) is 6.64. The first kappa shape index (κ1) is 118. The number of hydrogen-bond acceptors (Lipinski definition) is 16. The molecule has 0 bridgehead atoms. The third kappa shape index (κ3) is 34.6. The van der Waals surface area contributed by atoms with Gasteiger partial charge in [-0.15, -0.1) is 0 Å². The molecule has 4 aromatic rings. The van der Waals surface area contributed by atoms with Crippen LogP contribution < -0.4 is 10.6 Å². The van der Waals surface area contributed by atoms with Crippen LogP contribution in [0.15, 0.2) is 109 Å². The molecular weight excluding hydrogens is 1640 g/mol. The molecule has 2 aliphatic heterocycles. The predicted molar refractivity (Wildman–Crippen MR) is 527 cm³/mol. The van der Waals surface area contributed by atoms with E-state index in [-0.39, 0.29) is 149 Å².